The van der Waals surface area contributed by atoms with Crippen molar-refractivity contribution in [2.24, 2.45) is 0 Å². The molecule has 22 heavy (non-hydrogen) atoms. The van der Waals surface area contributed by atoms with Gasteiger partial charge in [-0.1, -0.05) is 12.1 Å². The van der Waals surface area contributed by atoms with E-state index < -0.39 is 16.1 Å². The molecule has 0 bridgehead atoms. The number of amides is 1. The SMILES string of the molecule is CC1C(=O)Nc2ccccc2N1S(=O)(=O)c1cc(Br)c(Br)s1. The van der Waals surface area contributed by atoms with E-state index in [1.807, 2.05) is 0 Å². The van der Waals surface area contributed by atoms with E-state index in [2.05, 4.69) is 37.2 Å². The van der Waals surface area contributed by atoms with Crippen LogP contribution in [0.1, 0.15) is 6.92 Å². The Morgan fingerprint density at radius 2 is 1.95 bits per heavy atom. The van der Waals surface area contributed by atoms with E-state index >= 15 is 0 Å². The number of anilines is 2. The van der Waals surface area contributed by atoms with E-state index in [-0.39, 0.29) is 10.1 Å². The van der Waals surface area contributed by atoms with Gasteiger partial charge < -0.3 is 5.32 Å². The topological polar surface area (TPSA) is 66.5 Å². The molecule has 1 aromatic carbocycles. The van der Waals surface area contributed by atoms with Crippen LogP contribution in [0, 0.1) is 0 Å². The quantitative estimate of drug-likeness (QED) is 0.733. The van der Waals surface area contributed by atoms with Crippen LogP contribution >= 0.6 is 43.2 Å². The minimum atomic E-state index is -3.83. The van der Waals surface area contributed by atoms with Crippen LogP contribution in [-0.2, 0) is 14.8 Å². The van der Waals surface area contributed by atoms with Gasteiger partial charge >= 0.3 is 0 Å². The number of sulfonamides is 1. The first-order chi connectivity index (χ1) is 10.3. The number of halogens is 2. The van der Waals surface area contributed by atoms with Gasteiger partial charge in [0.1, 0.15) is 10.3 Å². The molecule has 3 rings (SSSR count). The number of carbonyl (C=O) groups is 1. The lowest BCUT2D eigenvalue weighted by Gasteiger charge is -2.34. The molecule has 2 heterocycles. The molecular formula is C13H10Br2N2O3S2. The van der Waals surface area contributed by atoms with Crippen molar-refractivity contribution in [1.29, 1.82) is 0 Å². The van der Waals surface area contributed by atoms with Gasteiger partial charge in [0.15, 0.2) is 0 Å². The van der Waals surface area contributed by atoms with Crippen molar-refractivity contribution < 1.29 is 13.2 Å². The molecule has 0 aliphatic carbocycles. The highest BCUT2D eigenvalue weighted by Crippen LogP contribution is 2.40. The zero-order valence-electron chi connectivity index (χ0n) is 11.2. The molecule has 1 atom stereocenters. The maximum absolute atomic E-state index is 13.0. The van der Waals surface area contributed by atoms with Crippen LogP contribution in [-0.4, -0.2) is 20.4 Å². The van der Waals surface area contributed by atoms with Gasteiger partial charge in [0.25, 0.3) is 10.0 Å². The van der Waals surface area contributed by atoms with E-state index in [1.165, 1.54) is 10.4 Å². The van der Waals surface area contributed by atoms with E-state index in [1.54, 1.807) is 31.2 Å². The van der Waals surface area contributed by atoms with Crippen molar-refractivity contribution in [3.8, 4) is 0 Å². The van der Waals surface area contributed by atoms with Crippen LogP contribution in [0.2, 0.25) is 0 Å². The number of hydrogen-bond acceptors (Lipinski definition) is 4. The number of nitrogens with one attached hydrogen (secondary N) is 1. The van der Waals surface area contributed by atoms with Gasteiger partial charge in [-0.15, -0.1) is 11.3 Å². The molecule has 0 spiro atoms. The first-order valence-corrected chi connectivity index (χ1v) is 10.1. The Balaban J connectivity index is 2.19. The molecule has 0 saturated heterocycles. The lowest BCUT2D eigenvalue weighted by atomic mass is 10.1. The summed E-state index contributed by atoms with van der Waals surface area (Å²) in [5.41, 5.74) is 0.958. The van der Waals surface area contributed by atoms with Crippen molar-refractivity contribution in [1.82, 2.24) is 0 Å². The molecule has 2 aromatic rings. The van der Waals surface area contributed by atoms with Crippen LogP contribution in [0.5, 0.6) is 0 Å². The highest BCUT2D eigenvalue weighted by Gasteiger charge is 2.39. The van der Waals surface area contributed by atoms with E-state index in [0.717, 1.165) is 11.3 Å². The van der Waals surface area contributed by atoms with Crippen LogP contribution in [0.4, 0.5) is 11.4 Å². The highest BCUT2D eigenvalue weighted by atomic mass is 79.9. The number of hydrogen-bond donors (Lipinski definition) is 1. The van der Waals surface area contributed by atoms with Crippen LogP contribution in [0.25, 0.3) is 0 Å². The molecule has 1 N–H and O–H groups in total. The van der Waals surface area contributed by atoms with Gasteiger partial charge in [-0.2, -0.15) is 0 Å². The Hall–Kier alpha value is -0.900. The molecule has 1 aromatic heterocycles. The second-order valence-corrected chi connectivity index (χ2v) is 9.94. The summed E-state index contributed by atoms with van der Waals surface area (Å²) >= 11 is 7.69. The standard InChI is InChI=1S/C13H10Br2N2O3S2/c1-7-13(18)16-9-4-2-3-5-10(9)17(7)22(19,20)11-6-8(14)12(15)21-11/h2-7H,1H3,(H,16,18). The number of para-hydroxylation sites is 2. The zero-order chi connectivity index (χ0) is 16.1. The number of nitrogens with zero attached hydrogens (tertiary/aromatic N) is 1. The van der Waals surface area contributed by atoms with Gasteiger partial charge in [0.05, 0.1) is 15.2 Å². The highest BCUT2D eigenvalue weighted by molar-refractivity contribution is 9.13. The number of carbonyl (C=O) groups excluding carboxylic acids is 1. The first kappa shape index (κ1) is 16.0. The number of benzene rings is 1. The minimum absolute atomic E-state index is 0.169. The molecule has 0 radical (unpaired) electrons. The predicted octanol–water partition coefficient (Wildman–Crippen LogP) is 3.81. The Morgan fingerprint density at radius 3 is 2.59 bits per heavy atom. The fraction of sp³-hybridized carbons (Fsp3) is 0.154. The molecule has 1 aliphatic rings. The Bertz CT molecular complexity index is 844. The third-order valence-electron chi connectivity index (χ3n) is 3.27. The van der Waals surface area contributed by atoms with Crippen molar-refractivity contribution >= 4 is 70.5 Å². The van der Waals surface area contributed by atoms with E-state index in [9.17, 15) is 13.2 Å². The molecule has 116 valence electrons. The third kappa shape index (κ3) is 2.49. The first-order valence-electron chi connectivity index (χ1n) is 6.21. The average Bonchev–Trinajstić information content (AvgIpc) is 2.80. The number of thiophene rings is 1. The molecular weight excluding hydrogens is 456 g/mol. The monoisotopic (exact) mass is 464 g/mol. The maximum Gasteiger partial charge on any atom is 0.274 e. The summed E-state index contributed by atoms with van der Waals surface area (Å²) in [6.45, 7) is 1.57. The predicted molar refractivity (Wildman–Crippen MR) is 93.9 cm³/mol. The van der Waals surface area contributed by atoms with Crippen LogP contribution in [0.3, 0.4) is 0 Å². The van der Waals surface area contributed by atoms with Crippen molar-refractivity contribution in [3.05, 3.63) is 38.6 Å². The molecule has 0 saturated carbocycles. The number of rotatable bonds is 2. The lowest BCUT2D eigenvalue weighted by Crippen LogP contribution is -2.49. The summed E-state index contributed by atoms with van der Waals surface area (Å²) in [5, 5.41) is 2.72. The lowest BCUT2D eigenvalue weighted by molar-refractivity contribution is -0.117. The van der Waals surface area contributed by atoms with Crippen molar-refractivity contribution in [2.45, 2.75) is 17.2 Å². The molecule has 0 fully saturated rings. The van der Waals surface area contributed by atoms with Gasteiger partial charge in [0.2, 0.25) is 5.91 Å². The maximum atomic E-state index is 13.0. The van der Waals surface area contributed by atoms with Gasteiger partial charge in [0, 0.05) is 4.47 Å². The summed E-state index contributed by atoms with van der Waals surface area (Å²) in [7, 11) is -3.83. The summed E-state index contributed by atoms with van der Waals surface area (Å²) in [5.74, 6) is -0.350. The van der Waals surface area contributed by atoms with Gasteiger partial charge in [-0.25, -0.2) is 8.42 Å². The molecule has 1 unspecified atom stereocenters. The molecule has 1 amide bonds. The fourth-order valence-electron chi connectivity index (χ4n) is 2.21. The molecule has 1 aliphatic heterocycles. The largest absolute Gasteiger partial charge is 0.322 e. The van der Waals surface area contributed by atoms with Crippen LogP contribution < -0.4 is 9.62 Å². The Morgan fingerprint density at radius 1 is 1.27 bits per heavy atom. The Kier molecular flexibility index (Phi) is 4.09. The summed E-state index contributed by atoms with van der Waals surface area (Å²) in [6.07, 6.45) is 0. The fourth-order valence-corrected chi connectivity index (χ4v) is 6.76. The van der Waals surface area contributed by atoms with E-state index in [0.29, 0.717) is 19.6 Å². The van der Waals surface area contributed by atoms with Crippen LogP contribution in [0.15, 0.2) is 42.8 Å². The molecule has 5 nitrogen and oxygen atoms in total. The normalized spacial score (nSPS) is 18.0. The smallest absolute Gasteiger partial charge is 0.274 e. The average molecular weight is 466 g/mol. The van der Waals surface area contributed by atoms with E-state index in [4.69, 9.17) is 0 Å². The second-order valence-electron chi connectivity index (χ2n) is 4.67. The Labute approximate surface area is 148 Å². The van der Waals surface area contributed by atoms with Crippen molar-refractivity contribution in [3.63, 3.8) is 0 Å². The van der Waals surface area contributed by atoms with Gasteiger partial charge in [-0.05, 0) is 57.0 Å². The summed E-state index contributed by atoms with van der Waals surface area (Å²) in [4.78, 5) is 12.1. The third-order valence-corrected chi connectivity index (χ3v) is 8.86. The number of fused-ring (bicyclic) bond motifs is 1. The van der Waals surface area contributed by atoms with Gasteiger partial charge in [-0.3, -0.25) is 9.10 Å². The zero-order valence-corrected chi connectivity index (χ0v) is 16.0. The minimum Gasteiger partial charge on any atom is -0.322 e. The summed E-state index contributed by atoms with van der Waals surface area (Å²) in [6, 6.07) is 7.57. The van der Waals surface area contributed by atoms with Crippen molar-refractivity contribution in [2.75, 3.05) is 9.62 Å². The second kappa shape index (κ2) is 5.63. The summed E-state index contributed by atoms with van der Waals surface area (Å²) < 4.78 is 28.7. The molecule has 9 heteroatoms.